The summed E-state index contributed by atoms with van der Waals surface area (Å²) in [5.74, 6) is 0. The second-order valence-corrected chi connectivity index (χ2v) is 7.17. The van der Waals surface area contributed by atoms with Crippen LogP contribution >= 0.6 is 0 Å². The van der Waals surface area contributed by atoms with Crippen molar-refractivity contribution in [3.8, 4) is 22.3 Å². The molecule has 0 fully saturated rings. The number of aromatic nitrogens is 5. The summed E-state index contributed by atoms with van der Waals surface area (Å²) in [6, 6.07) is 20.4. The van der Waals surface area contributed by atoms with Crippen molar-refractivity contribution < 1.29 is 0 Å². The van der Waals surface area contributed by atoms with E-state index in [9.17, 15) is 0 Å². The lowest BCUT2D eigenvalue weighted by molar-refractivity contribution is 1.28. The Morgan fingerprint density at radius 1 is 0.433 bits per heavy atom. The Hall–Kier alpha value is -4.25. The summed E-state index contributed by atoms with van der Waals surface area (Å²) < 4.78 is 0. The van der Waals surface area contributed by atoms with E-state index in [1.165, 1.54) is 0 Å². The monoisotopic (exact) mass is 385 g/mol. The van der Waals surface area contributed by atoms with Crippen LogP contribution in [0.5, 0.6) is 0 Å². The largest absolute Gasteiger partial charge is 0.256 e. The first kappa shape index (κ1) is 16.7. The summed E-state index contributed by atoms with van der Waals surface area (Å²) in [5, 5.41) is 2.09. The van der Waals surface area contributed by atoms with Crippen molar-refractivity contribution in [2.24, 2.45) is 0 Å². The highest BCUT2D eigenvalue weighted by Crippen LogP contribution is 2.28. The molecule has 0 spiro atoms. The SMILES string of the molecule is c1cnc2ccc(-c3cnc4ncc(-c5cnc6cccnc6c5)cc4c3)cc2c1. The molecule has 0 unspecified atom stereocenters. The molecule has 5 heterocycles. The normalized spacial score (nSPS) is 11.3. The predicted octanol–water partition coefficient (Wildman–Crippen LogP) is 5.46. The fraction of sp³-hybridized carbons (Fsp3) is 0. The summed E-state index contributed by atoms with van der Waals surface area (Å²) in [6.45, 7) is 0. The molecule has 0 aliphatic rings. The quantitative estimate of drug-likeness (QED) is 0.396. The van der Waals surface area contributed by atoms with Gasteiger partial charge in [0.1, 0.15) is 0 Å². The van der Waals surface area contributed by atoms with E-state index in [0.717, 1.165) is 55.2 Å². The maximum Gasteiger partial charge on any atom is 0.159 e. The molecule has 0 bridgehead atoms. The van der Waals surface area contributed by atoms with Gasteiger partial charge in [0.15, 0.2) is 5.65 Å². The van der Waals surface area contributed by atoms with Crippen LogP contribution in [0.25, 0.3) is 55.2 Å². The van der Waals surface area contributed by atoms with Crippen LogP contribution < -0.4 is 0 Å². The highest BCUT2D eigenvalue weighted by molar-refractivity contribution is 5.89. The fourth-order valence-corrected chi connectivity index (χ4v) is 3.71. The molecular formula is C25H15N5. The fourth-order valence-electron chi connectivity index (χ4n) is 3.71. The molecule has 0 radical (unpaired) electrons. The van der Waals surface area contributed by atoms with Gasteiger partial charge in [-0.3, -0.25) is 15.0 Å². The zero-order valence-electron chi connectivity index (χ0n) is 15.9. The minimum Gasteiger partial charge on any atom is -0.256 e. The molecule has 0 saturated carbocycles. The van der Waals surface area contributed by atoms with Gasteiger partial charge in [-0.2, -0.15) is 0 Å². The van der Waals surface area contributed by atoms with E-state index in [1.54, 1.807) is 6.20 Å². The maximum atomic E-state index is 4.57. The van der Waals surface area contributed by atoms with Crippen molar-refractivity contribution >= 4 is 33.0 Å². The number of hydrogen-bond donors (Lipinski definition) is 0. The number of pyridine rings is 5. The Bertz CT molecular complexity index is 1440. The Balaban J connectivity index is 1.46. The summed E-state index contributed by atoms with van der Waals surface area (Å²) in [5.41, 5.74) is 7.57. The Labute approximate surface area is 172 Å². The number of rotatable bonds is 2. The van der Waals surface area contributed by atoms with Crippen molar-refractivity contribution in [1.82, 2.24) is 24.9 Å². The molecule has 0 amide bonds. The van der Waals surface area contributed by atoms with Crippen molar-refractivity contribution in [2.75, 3.05) is 0 Å². The topological polar surface area (TPSA) is 64.5 Å². The molecule has 30 heavy (non-hydrogen) atoms. The molecule has 5 nitrogen and oxygen atoms in total. The second-order valence-electron chi connectivity index (χ2n) is 7.17. The second kappa shape index (κ2) is 6.67. The standard InChI is InChI=1S/C25H15N5/c1-3-17-9-16(5-6-22(17)26-7-1)19-10-18-11-20(15-30-25(18)29-14-19)21-12-24-23(28-13-21)4-2-8-27-24/h1-15H. The van der Waals surface area contributed by atoms with Gasteiger partial charge in [-0.15, -0.1) is 0 Å². The van der Waals surface area contributed by atoms with Crippen LogP contribution in [0.3, 0.4) is 0 Å². The van der Waals surface area contributed by atoms with Gasteiger partial charge in [0.05, 0.1) is 16.6 Å². The van der Waals surface area contributed by atoms with Gasteiger partial charge in [0.2, 0.25) is 0 Å². The lowest BCUT2D eigenvalue weighted by Gasteiger charge is -2.07. The molecule has 5 heteroatoms. The summed E-state index contributed by atoms with van der Waals surface area (Å²) in [4.78, 5) is 22.4. The molecule has 6 aromatic rings. The van der Waals surface area contributed by atoms with Crippen LogP contribution in [0.1, 0.15) is 0 Å². The molecule has 1 aromatic carbocycles. The van der Waals surface area contributed by atoms with Crippen molar-refractivity contribution in [2.45, 2.75) is 0 Å². The van der Waals surface area contributed by atoms with E-state index in [4.69, 9.17) is 0 Å². The van der Waals surface area contributed by atoms with E-state index in [-0.39, 0.29) is 0 Å². The third kappa shape index (κ3) is 2.84. The van der Waals surface area contributed by atoms with Gasteiger partial charge in [-0.25, -0.2) is 9.97 Å². The predicted molar refractivity (Wildman–Crippen MR) is 119 cm³/mol. The maximum absolute atomic E-state index is 4.57. The molecule has 0 aliphatic carbocycles. The molecule has 5 aromatic heterocycles. The Morgan fingerprint density at radius 3 is 1.97 bits per heavy atom. The van der Waals surface area contributed by atoms with Gasteiger partial charge in [0, 0.05) is 58.4 Å². The van der Waals surface area contributed by atoms with E-state index < -0.39 is 0 Å². The Kier molecular flexibility index (Phi) is 3.71. The van der Waals surface area contributed by atoms with Crippen LogP contribution in [0.2, 0.25) is 0 Å². The van der Waals surface area contributed by atoms with Crippen molar-refractivity contribution in [1.29, 1.82) is 0 Å². The molecule has 0 saturated heterocycles. The molecule has 0 N–H and O–H groups in total. The Morgan fingerprint density at radius 2 is 1.10 bits per heavy atom. The van der Waals surface area contributed by atoms with Crippen LogP contribution in [0.4, 0.5) is 0 Å². The van der Waals surface area contributed by atoms with Gasteiger partial charge in [0.25, 0.3) is 0 Å². The third-order valence-corrected chi connectivity index (χ3v) is 5.25. The first-order valence-corrected chi connectivity index (χ1v) is 9.66. The smallest absolute Gasteiger partial charge is 0.159 e. The molecule has 0 atom stereocenters. The molecular weight excluding hydrogens is 370 g/mol. The number of benzene rings is 1. The zero-order chi connectivity index (χ0) is 19.9. The lowest BCUT2D eigenvalue weighted by Crippen LogP contribution is -1.90. The average Bonchev–Trinajstić information content (AvgIpc) is 2.82. The molecule has 0 aliphatic heterocycles. The van der Waals surface area contributed by atoms with E-state index in [1.807, 2.05) is 55.1 Å². The first-order valence-electron chi connectivity index (χ1n) is 9.66. The zero-order valence-corrected chi connectivity index (χ0v) is 15.9. The van der Waals surface area contributed by atoms with E-state index in [2.05, 4.69) is 55.3 Å². The van der Waals surface area contributed by atoms with Crippen LogP contribution in [0, 0.1) is 0 Å². The highest BCUT2D eigenvalue weighted by atomic mass is 14.8. The summed E-state index contributed by atoms with van der Waals surface area (Å²) in [7, 11) is 0. The molecule has 140 valence electrons. The van der Waals surface area contributed by atoms with Crippen LogP contribution in [-0.2, 0) is 0 Å². The summed E-state index contributed by atoms with van der Waals surface area (Å²) in [6.07, 6.45) is 9.16. The van der Waals surface area contributed by atoms with E-state index >= 15 is 0 Å². The van der Waals surface area contributed by atoms with Gasteiger partial charge in [-0.1, -0.05) is 12.1 Å². The number of nitrogens with zero attached hydrogens (tertiary/aromatic N) is 5. The minimum atomic E-state index is 0.719. The van der Waals surface area contributed by atoms with Crippen molar-refractivity contribution in [3.05, 3.63) is 91.6 Å². The highest BCUT2D eigenvalue weighted by Gasteiger charge is 2.07. The third-order valence-electron chi connectivity index (χ3n) is 5.25. The van der Waals surface area contributed by atoms with Gasteiger partial charge >= 0.3 is 0 Å². The average molecular weight is 385 g/mol. The minimum absolute atomic E-state index is 0.719. The lowest BCUT2D eigenvalue weighted by atomic mass is 10.0. The van der Waals surface area contributed by atoms with Gasteiger partial charge in [-0.05, 0) is 54.1 Å². The van der Waals surface area contributed by atoms with Crippen LogP contribution in [-0.4, -0.2) is 24.9 Å². The van der Waals surface area contributed by atoms with E-state index in [0.29, 0.717) is 0 Å². The number of hydrogen-bond acceptors (Lipinski definition) is 5. The van der Waals surface area contributed by atoms with Gasteiger partial charge < -0.3 is 0 Å². The van der Waals surface area contributed by atoms with Crippen molar-refractivity contribution in [3.63, 3.8) is 0 Å². The van der Waals surface area contributed by atoms with Crippen LogP contribution in [0.15, 0.2) is 91.6 Å². The summed E-state index contributed by atoms with van der Waals surface area (Å²) >= 11 is 0. The first-order chi connectivity index (χ1) is 14.8. The number of fused-ring (bicyclic) bond motifs is 3. The molecule has 6 rings (SSSR count).